The standard InChI is InChI=1S/C18H22O.C17H20O3S.C17H20O2/c1-5-15-8-12(2)17(13(3)9-15)11-16-6-7-18(19)14(4)10-16;1-5-14-8-12(3)17(13(4)9-14)21(19,20)15-6-7-16(18)11(2)10-15;1-5-14-8-12(3)17(13(4)9-14)19-15-6-7-16(18)11(2)10-15/h6-10,19H,5,11H2,1-4H3;6-10,18H,5H2,1-4H3;6-10,18H,5H2,1-4H3. The number of aromatic hydroxyl groups is 3. The molecule has 0 spiro atoms. The van der Waals surface area contributed by atoms with Gasteiger partial charge in [0.15, 0.2) is 0 Å². The lowest BCUT2D eigenvalue weighted by molar-refractivity contribution is 0.458. The summed E-state index contributed by atoms with van der Waals surface area (Å²) >= 11 is 0. The summed E-state index contributed by atoms with van der Waals surface area (Å²) in [6.45, 7) is 24.0. The highest BCUT2D eigenvalue weighted by Gasteiger charge is 2.23. The largest absolute Gasteiger partial charge is 0.508 e. The first kappa shape index (κ1) is 46.2. The fourth-order valence-electron chi connectivity index (χ4n) is 7.39. The fraction of sp³-hybridized carbons (Fsp3) is 0.308. The number of rotatable bonds is 9. The topological polar surface area (TPSA) is 104 Å². The van der Waals surface area contributed by atoms with Crippen molar-refractivity contribution in [2.75, 3.05) is 0 Å². The summed E-state index contributed by atoms with van der Waals surface area (Å²) in [6.07, 6.45) is 3.92. The molecular formula is C52H62O6S. The van der Waals surface area contributed by atoms with Crippen molar-refractivity contribution in [3.05, 3.63) is 169 Å². The molecule has 3 N–H and O–H groups in total. The Hall–Kier alpha value is -5.53. The van der Waals surface area contributed by atoms with Crippen LogP contribution < -0.4 is 4.74 Å². The Bertz CT molecular complexity index is 2370. The summed E-state index contributed by atoms with van der Waals surface area (Å²) in [6, 6.07) is 28.3. The minimum atomic E-state index is -3.58. The van der Waals surface area contributed by atoms with Gasteiger partial charge in [-0.1, -0.05) is 69.3 Å². The molecule has 0 bridgehead atoms. The number of hydrogen-bond acceptors (Lipinski definition) is 6. The minimum Gasteiger partial charge on any atom is -0.508 e. The zero-order chi connectivity index (χ0) is 43.8. The summed E-state index contributed by atoms with van der Waals surface area (Å²) in [5.41, 5.74) is 15.4. The molecule has 0 unspecified atom stereocenters. The Morgan fingerprint density at radius 1 is 0.441 bits per heavy atom. The van der Waals surface area contributed by atoms with Crippen molar-refractivity contribution in [1.82, 2.24) is 0 Å². The highest BCUT2D eigenvalue weighted by Crippen LogP contribution is 2.33. The first-order valence-electron chi connectivity index (χ1n) is 20.4. The Labute approximate surface area is 353 Å². The monoisotopic (exact) mass is 814 g/mol. The lowest BCUT2D eigenvalue weighted by Gasteiger charge is -2.14. The average molecular weight is 815 g/mol. The maximum absolute atomic E-state index is 12.9. The highest BCUT2D eigenvalue weighted by atomic mass is 32.2. The smallest absolute Gasteiger partial charge is 0.207 e. The van der Waals surface area contributed by atoms with E-state index in [1.54, 1.807) is 25.1 Å². The van der Waals surface area contributed by atoms with E-state index in [0.29, 0.717) is 22.0 Å². The molecule has 0 amide bonds. The SMILES string of the molecule is CCc1cc(C)c(Cc2ccc(O)c(C)c2)c(C)c1.CCc1cc(C)c(Oc2ccc(O)c(C)c2)c(C)c1.CCc1cc(C)c(S(=O)(=O)c2ccc(O)c(C)c2)c(C)c1. The normalized spacial score (nSPS) is 11.0. The number of phenols is 3. The number of aryl methyl sites for hydroxylation is 12. The maximum atomic E-state index is 12.9. The first-order chi connectivity index (χ1) is 27.8. The van der Waals surface area contributed by atoms with Crippen LogP contribution in [0.3, 0.4) is 0 Å². The first-order valence-corrected chi connectivity index (χ1v) is 21.9. The molecule has 6 aromatic carbocycles. The summed E-state index contributed by atoms with van der Waals surface area (Å²) in [5, 5.41) is 28.7. The second kappa shape index (κ2) is 20.0. The Kier molecular flexibility index (Phi) is 15.6. The van der Waals surface area contributed by atoms with Crippen LogP contribution in [0.4, 0.5) is 0 Å². The summed E-state index contributed by atoms with van der Waals surface area (Å²) in [4.78, 5) is 0.582. The molecule has 59 heavy (non-hydrogen) atoms. The summed E-state index contributed by atoms with van der Waals surface area (Å²) < 4.78 is 31.7. The van der Waals surface area contributed by atoms with Crippen LogP contribution in [-0.2, 0) is 35.5 Å². The molecule has 6 aromatic rings. The third-order valence-electron chi connectivity index (χ3n) is 10.8. The third kappa shape index (κ3) is 11.6. The van der Waals surface area contributed by atoms with Crippen LogP contribution in [0.15, 0.2) is 101 Å². The van der Waals surface area contributed by atoms with Crippen molar-refractivity contribution in [3.8, 4) is 28.7 Å². The van der Waals surface area contributed by atoms with Crippen molar-refractivity contribution in [2.45, 2.75) is 119 Å². The van der Waals surface area contributed by atoms with Gasteiger partial charge in [0, 0.05) is 0 Å². The molecule has 6 nitrogen and oxygen atoms in total. The number of ether oxygens (including phenoxy) is 1. The fourth-order valence-corrected chi connectivity index (χ4v) is 9.17. The van der Waals surface area contributed by atoms with Gasteiger partial charge >= 0.3 is 0 Å². The van der Waals surface area contributed by atoms with Gasteiger partial charge in [-0.15, -0.1) is 0 Å². The van der Waals surface area contributed by atoms with E-state index in [1.807, 2.05) is 58.9 Å². The lowest BCUT2D eigenvalue weighted by Crippen LogP contribution is -2.07. The molecule has 7 heteroatoms. The second-order valence-corrected chi connectivity index (χ2v) is 17.6. The molecule has 0 heterocycles. The van der Waals surface area contributed by atoms with Crippen molar-refractivity contribution >= 4 is 9.84 Å². The number of sulfone groups is 1. The van der Waals surface area contributed by atoms with E-state index in [-0.39, 0.29) is 10.6 Å². The van der Waals surface area contributed by atoms with Crippen LogP contribution in [0.1, 0.15) is 98.7 Å². The van der Waals surface area contributed by atoms with Gasteiger partial charge in [0.2, 0.25) is 9.84 Å². The van der Waals surface area contributed by atoms with E-state index in [9.17, 15) is 23.7 Å². The van der Waals surface area contributed by atoms with Gasteiger partial charge in [-0.25, -0.2) is 8.42 Å². The third-order valence-corrected chi connectivity index (χ3v) is 12.9. The molecule has 0 radical (unpaired) electrons. The predicted molar refractivity (Wildman–Crippen MR) is 243 cm³/mol. The lowest BCUT2D eigenvalue weighted by atomic mass is 9.93. The molecular weight excluding hydrogens is 753 g/mol. The van der Waals surface area contributed by atoms with Crippen molar-refractivity contribution in [1.29, 1.82) is 0 Å². The van der Waals surface area contributed by atoms with E-state index < -0.39 is 9.84 Å². The van der Waals surface area contributed by atoms with Crippen molar-refractivity contribution < 1.29 is 28.5 Å². The van der Waals surface area contributed by atoms with E-state index in [1.165, 1.54) is 51.6 Å². The molecule has 0 saturated carbocycles. The van der Waals surface area contributed by atoms with Crippen molar-refractivity contribution in [2.24, 2.45) is 0 Å². The Balaban J connectivity index is 0.000000196. The second-order valence-electron chi connectivity index (χ2n) is 15.7. The molecule has 0 aliphatic heterocycles. The number of hydrogen-bond donors (Lipinski definition) is 3. The van der Waals surface area contributed by atoms with Crippen LogP contribution in [-0.4, -0.2) is 23.7 Å². The molecule has 0 aromatic heterocycles. The van der Waals surface area contributed by atoms with Gasteiger partial charge < -0.3 is 20.1 Å². The van der Waals surface area contributed by atoms with E-state index >= 15 is 0 Å². The Morgan fingerprint density at radius 3 is 1.27 bits per heavy atom. The van der Waals surface area contributed by atoms with Gasteiger partial charge in [0.05, 0.1) is 9.79 Å². The van der Waals surface area contributed by atoms with Crippen LogP contribution in [0.2, 0.25) is 0 Å². The van der Waals surface area contributed by atoms with Gasteiger partial charge in [0.1, 0.15) is 28.7 Å². The molecule has 6 rings (SSSR count). The van der Waals surface area contributed by atoms with Gasteiger partial charge in [0.25, 0.3) is 0 Å². The number of phenolic OH excluding ortho intramolecular Hbond substituents is 3. The van der Waals surface area contributed by atoms with Gasteiger partial charge in [-0.3, -0.25) is 0 Å². The quantitative estimate of drug-likeness (QED) is 0.134. The zero-order valence-electron chi connectivity index (χ0n) is 37.0. The van der Waals surface area contributed by atoms with Crippen LogP contribution in [0, 0.1) is 62.3 Å². The van der Waals surface area contributed by atoms with Gasteiger partial charge in [-0.05, 0) is 208 Å². The predicted octanol–water partition coefficient (Wildman–Crippen LogP) is 12.9. The molecule has 0 atom stereocenters. The highest BCUT2D eigenvalue weighted by molar-refractivity contribution is 7.91. The maximum Gasteiger partial charge on any atom is 0.207 e. The summed E-state index contributed by atoms with van der Waals surface area (Å²) in [7, 11) is -3.58. The molecule has 0 aliphatic rings. The van der Waals surface area contributed by atoms with E-state index in [2.05, 4.69) is 71.9 Å². The minimum absolute atomic E-state index is 0.101. The van der Waals surface area contributed by atoms with Crippen molar-refractivity contribution in [3.63, 3.8) is 0 Å². The van der Waals surface area contributed by atoms with Gasteiger partial charge in [-0.2, -0.15) is 0 Å². The zero-order valence-corrected chi connectivity index (χ0v) is 37.8. The van der Waals surface area contributed by atoms with E-state index in [4.69, 9.17) is 4.74 Å². The molecule has 0 fully saturated rings. The summed E-state index contributed by atoms with van der Waals surface area (Å²) in [5.74, 6) is 2.43. The van der Waals surface area contributed by atoms with E-state index in [0.717, 1.165) is 76.1 Å². The molecule has 312 valence electrons. The number of benzene rings is 6. The average Bonchev–Trinajstić information content (AvgIpc) is 3.18. The molecule has 0 aliphatic carbocycles. The van der Waals surface area contributed by atoms with Crippen LogP contribution in [0.5, 0.6) is 28.7 Å². The van der Waals surface area contributed by atoms with Crippen LogP contribution in [0.25, 0.3) is 0 Å². The Morgan fingerprint density at radius 2 is 0.831 bits per heavy atom. The van der Waals surface area contributed by atoms with Crippen LogP contribution >= 0.6 is 0 Å². The molecule has 0 saturated heterocycles.